The number of aromatic carboxylic acids is 1. The Hall–Kier alpha value is -3.12. The third-order valence-electron chi connectivity index (χ3n) is 6.18. The van der Waals surface area contributed by atoms with Crippen LogP contribution in [0.1, 0.15) is 81.3 Å². The molecule has 0 aromatic carbocycles. The Morgan fingerprint density at radius 1 is 1.22 bits per heavy atom. The van der Waals surface area contributed by atoms with Crippen molar-refractivity contribution in [3.8, 4) is 23.6 Å². The normalized spacial score (nSPS) is 18.6. The number of carboxylic acids is 1. The van der Waals surface area contributed by atoms with Crippen LogP contribution in [0.15, 0.2) is 18.2 Å². The van der Waals surface area contributed by atoms with Gasteiger partial charge in [0.25, 0.3) is 0 Å². The molecule has 1 amide bonds. The Kier molecular flexibility index (Phi) is 8.96. The number of aromatic nitrogens is 2. The van der Waals surface area contributed by atoms with Crippen LogP contribution in [0.5, 0.6) is 11.8 Å². The van der Waals surface area contributed by atoms with Gasteiger partial charge in [-0.25, -0.2) is 4.79 Å². The van der Waals surface area contributed by atoms with Crippen molar-refractivity contribution < 1.29 is 24.5 Å². The summed E-state index contributed by atoms with van der Waals surface area (Å²) in [6.07, 6.45) is 4.02. The van der Waals surface area contributed by atoms with Crippen LogP contribution in [0.2, 0.25) is 0 Å². The minimum atomic E-state index is -1.07. The van der Waals surface area contributed by atoms with E-state index in [-0.39, 0.29) is 46.5 Å². The highest BCUT2D eigenvalue weighted by atomic mass is 32.1. The van der Waals surface area contributed by atoms with Crippen molar-refractivity contribution in [3.05, 3.63) is 28.0 Å². The van der Waals surface area contributed by atoms with Crippen LogP contribution < -0.4 is 9.64 Å². The van der Waals surface area contributed by atoms with E-state index in [4.69, 9.17) is 4.74 Å². The molecule has 0 aliphatic heterocycles. The maximum absolute atomic E-state index is 13.8. The quantitative estimate of drug-likeness (QED) is 0.457. The highest BCUT2D eigenvalue weighted by Gasteiger charge is 2.34. The summed E-state index contributed by atoms with van der Waals surface area (Å²) >= 11 is 1.10. The molecule has 1 atom stereocenters. The summed E-state index contributed by atoms with van der Waals surface area (Å²) < 4.78 is 5.66. The van der Waals surface area contributed by atoms with Gasteiger partial charge >= 0.3 is 5.97 Å². The van der Waals surface area contributed by atoms with Crippen molar-refractivity contribution in [1.29, 1.82) is 0 Å². The lowest BCUT2D eigenvalue weighted by Gasteiger charge is -2.34. The van der Waals surface area contributed by atoms with Gasteiger partial charge in [-0.05, 0) is 65.4 Å². The summed E-state index contributed by atoms with van der Waals surface area (Å²) in [6.45, 7) is 10.3. The van der Waals surface area contributed by atoms with E-state index in [2.05, 4.69) is 29.0 Å². The Bertz CT molecular complexity index is 1120. The fourth-order valence-corrected chi connectivity index (χ4v) is 5.00. The van der Waals surface area contributed by atoms with Gasteiger partial charge in [-0.3, -0.25) is 4.79 Å². The molecule has 3 rings (SSSR count). The molecule has 1 saturated carbocycles. The molecular formula is C27H35N3O5S. The van der Waals surface area contributed by atoms with E-state index in [9.17, 15) is 19.8 Å². The lowest BCUT2D eigenvalue weighted by Crippen LogP contribution is -2.44. The molecule has 9 heteroatoms. The first-order chi connectivity index (χ1) is 16.9. The monoisotopic (exact) mass is 513 g/mol. The van der Waals surface area contributed by atoms with Gasteiger partial charge < -0.3 is 19.8 Å². The second kappa shape index (κ2) is 11.7. The van der Waals surface area contributed by atoms with Gasteiger partial charge in [0.1, 0.15) is 4.88 Å². The van der Waals surface area contributed by atoms with Gasteiger partial charge in [0, 0.05) is 35.9 Å². The first-order valence-corrected chi connectivity index (χ1v) is 13.1. The van der Waals surface area contributed by atoms with E-state index >= 15 is 0 Å². The van der Waals surface area contributed by atoms with E-state index in [0.29, 0.717) is 22.9 Å². The predicted octanol–water partition coefficient (Wildman–Crippen LogP) is 5.36. The van der Waals surface area contributed by atoms with E-state index in [1.807, 2.05) is 27.7 Å². The maximum atomic E-state index is 13.8. The average molecular weight is 514 g/mol. The first-order valence-electron chi connectivity index (χ1n) is 12.3. The third kappa shape index (κ3) is 7.44. The molecule has 2 N–H and O–H groups in total. The number of hydrogen-bond donors (Lipinski definition) is 2. The van der Waals surface area contributed by atoms with Crippen LogP contribution in [-0.2, 0) is 4.79 Å². The number of nitrogens with zero attached hydrogens (tertiary/aromatic N) is 3. The summed E-state index contributed by atoms with van der Waals surface area (Å²) in [5, 5.41) is 26.6. The number of ether oxygens (including phenoxy) is 1. The van der Waals surface area contributed by atoms with Crippen molar-refractivity contribution in [2.24, 2.45) is 17.3 Å². The number of carboxylic acid groups (broad SMARTS) is 1. The summed E-state index contributed by atoms with van der Waals surface area (Å²) in [7, 11) is 0. The largest absolute Gasteiger partial charge is 0.492 e. The molecule has 2 heterocycles. The molecular weight excluding hydrogens is 478 g/mol. The van der Waals surface area contributed by atoms with Crippen molar-refractivity contribution in [2.75, 3.05) is 11.5 Å². The minimum absolute atomic E-state index is 0.0468. The Morgan fingerprint density at radius 2 is 1.92 bits per heavy atom. The molecule has 36 heavy (non-hydrogen) atoms. The van der Waals surface area contributed by atoms with Crippen LogP contribution in [0.4, 0.5) is 5.69 Å². The van der Waals surface area contributed by atoms with Crippen LogP contribution in [-0.4, -0.2) is 44.9 Å². The zero-order valence-corrected chi connectivity index (χ0v) is 22.4. The number of thiophene rings is 1. The summed E-state index contributed by atoms with van der Waals surface area (Å²) in [5.74, 6) is 5.65. The Labute approximate surface area is 216 Å². The Balaban J connectivity index is 1.89. The minimum Gasteiger partial charge on any atom is -0.492 e. The van der Waals surface area contributed by atoms with Gasteiger partial charge in [0.15, 0.2) is 0 Å². The van der Waals surface area contributed by atoms with Crippen molar-refractivity contribution in [3.63, 3.8) is 0 Å². The Morgan fingerprint density at radius 3 is 2.50 bits per heavy atom. The SMILES string of the molecule is C[C@@H](CCOc1ccc(O)nn1)N(c1cc(C#CC(C)(C)C)sc1C(=O)O)C(=O)[C@H]1CC[C@H](C)CC1. The number of anilines is 1. The molecule has 0 bridgehead atoms. The molecule has 1 fully saturated rings. The zero-order valence-electron chi connectivity index (χ0n) is 21.6. The summed E-state index contributed by atoms with van der Waals surface area (Å²) in [6, 6.07) is 4.31. The number of carbonyl (C=O) groups is 2. The fourth-order valence-electron chi connectivity index (χ4n) is 4.15. The van der Waals surface area contributed by atoms with Gasteiger partial charge in [0.05, 0.1) is 17.2 Å². The van der Waals surface area contributed by atoms with E-state index in [0.717, 1.165) is 37.0 Å². The topological polar surface area (TPSA) is 113 Å². The van der Waals surface area contributed by atoms with Gasteiger partial charge in [-0.2, -0.15) is 0 Å². The molecule has 1 aliphatic carbocycles. The van der Waals surface area contributed by atoms with E-state index < -0.39 is 5.97 Å². The molecule has 1 aliphatic rings. The number of aromatic hydroxyl groups is 1. The standard InChI is InChI=1S/C27H35N3O5S/c1-17-6-8-19(9-7-17)25(32)30(18(2)13-15-35-23-11-10-22(31)28-29-23)21-16-20(12-14-27(3,4)5)36-24(21)26(33)34/h10-11,16-19H,6-9,13,15H2,1-5H3,(H,28,31)(H,33,34)/t17-,18-,19-/m0/s1. The molecule has 0 radical (unpaired) electrons. The van der Waals surface area contributed by atoms with Gasteiger partial charge in [-0.15, -0.1) is 21.5 Å². The lowest BCUT2D eigenvalue weighted by molar-refractivity contribution is -0.124. The number of hydrogen-bond acceptors (Lipinski definition) is 7. The van der Waals surface area contributed by atoms with E-state index in [1.54, 1.807) is 11.0 Å². The molecule has 8 nitrogen and oxygen atoms in total. The maximum Gasteiger partial charge on any atom is 0.348 e. The second-order valence-corrected chi connectivity index (χ2v) is 11.6. The third-order valence-corrected chi connectivity index (χ3v) is 7.21. The smallest absolute Gasteiger partial charge is 0.348 e. The molecule has 2 aromatic rings. The molecule has 0 unspecified atom stereocenters. The molecule has 0 spiro atoms. The number of rotatable bonds is 8. The summed E-state index contributed by atoms with van der Waals surface area (Å²) in [4.78, 5) is 28.4. The van der Waals surface area contributed by atoms with Crippen molar-refractivity contribution >= 4 is 28.9 Å². The lowest BCUT2D eigenvalue weighted by atomic mass is 9.82. The van der Waals surface area contributed by atoms with E-state index in [1.165, 1.54) is 12.1 Å². The molecule has 194 valence electrons. The molecule has 2 aromatic heterocycles. The van der Waals surface area contributed by atoms with Gasteiger partial charge in [0.2, 0.25) is 17.7 Å². The first kappa shape index (κ1) is 27.5. The van der Waals surface area contributed by atoms with Crippen LogP contribution in [0.3, 0.4) is 0 Å². The number of carbonyl (C=O) groups excluding carboxylic acids is 1. The van der Waals surface area contributed by atoms with Crippen molar-refractivity contribution in [2.45, 2.75) is 72.8 Å². The van der Waals surface area contributed by atoms with Crippen LogP contribution in [0.25, 0.3) is 0 Å². The molecule has 0 saturated heterocycles. The van der Waals surface area contributed by atoms with Crippen LogP contribution >= 0.6 is 11.3 Å². The van der Waals surface area contributed by atoms with Crippen molar-refractivity contribution in [1.82, 2.24) is 10.2 Å². The average Bonchev–Trinajstić information content (AvgIpc) is 3.23. The fraction of sp³-hybridized carbons (Fsp3) is 0.556. The van der Waals surface area contributed by atoms with Gasteiger partial charge in [-0.1, -0.05) is 18.8 Å². The predicted molar refractivity (Wildman–Crippen MR) is 139 cm³/mol. The second-order valence-electron chi connectivity index (χ2n) is 10.5. The number of amides is 1. The summed E-state index contributed by atoms with van der Waals surface area (Å²) in [5.41, 5.74) is 0.162. The highest BCUT2D eigenvalue weighted by Crippen LogP contribution is 2.36. The van der Waals surface area contributed by atoms with Crippen LogP contribution in [0, 0.1) is 29.1 Å². The highest BCUT2D eigenvalue weighted by molar-refractivity contribution is 7.15. The zero-order chi connectivity index (χ0) is 26.5.